The van der Waals surface area contributed by atoms with E-state index in [2.05, 4.69) is 25.6 Å². The number of nitrogens with one attached hydrogen (secondary N) is 3. The number of aromatic nitrogens is 3. The number of nitrogens with zero attached hydrogens (tertiary/aromatic N) is 3. The molecule has 0 bridgehead atoms. The average Bonchev–Trinajstić information content (AvgIpc) is 3.32. The first-order valence-electron chi connectivity index (χ1n) is 12.7. The zero-order valence-corrected chi connectivity index (χ0v) is 23.1. The van der Waals surface area contributed by atoms with Gasteiger partial charge in [-0.2, -0.15) is 0 Å². The summed E-state index contributed by atoms with van der Waals surface area (Å²) in [5, 5.41) is 13.9. The Morgan fingerprint density at radius 3 is 2.51 bits per heavy atom. The number of amides is 2. The third kappa shape index (κ3) is 6.31. The number of ether oxygens (including phenoxy) is 1. The van der Waals surface area contributed by atoms with Gasteiger partial charge in [-0.05, 0) is 65.3 Å². The first kappa shape index (κ1) is 26.5. The van der Waals surface area contributed by atoms with Crippen LogP contribution in [0.4, 0.5) is 16.2 Å². The topological polar surface area (TPSA) is 127 Å². The van der Waals surface area contributed by atoms with Crippen LogP contribution in [0.25, 0.3) is 5.65 Å². The van der Waals surface area contributed by atoms with Crippen molar-refractivity contribution in [2.45, 2.75) is 51.2 Å². The van der Waals surface area contributed by atoms with Crippen LogP contribution in [0.3, 0.4) is 0 Å². The van der Waals surface area contributed by atoms with Crippen molar-refractivity contribution >= 4 is 33.1 Å². The number of fused-ring (bicyclic) bond motifs is 2. The van der Waals surface area contributed by atoms with Crippen LogP contribution in [0.2, 0.25) is 0 Å². The van der Waals surface area contributed by atoms with Gasteiger partial charge in [-0.1, -0.05) is 45.0 Å². The molecule has 2 atom stereocenters. The van der Waals surface area contributed by atoms with E-state index in [4.69, 9.17) is 4.74 Å². The molecule has 0 unspecified atom stereocenters. The molecule has 4 aromatic rings. The van der Waals surface area contributed by atoms with Crippen molar-refractivity contribution in [2.24, 2.45) is 0 Å². The van der Waals surface area contributed by atoms with Gasteiger partial charge in [0.1, 0.15) is 18.2 Å². The third-order valence-electron chi connectivity index (χ3n) is 6.64. The summed E-state index contributed by atoms with van der Waals surface area (Å²) in [6.45, 7) is 6.08. The molecular formula is C28H32N6O4S. The summed E-state index contributed by atoms with van der Waals surface area (Å²) < 4.78 is 34.3. The smallest absolute Gasteiger partial charge is 0.319 e. The zero-order chi connectivity index (χ0) is 27.8. The summed E-state index contributed by atoms with van der Waals surface area (Å²) in [5.74, 6) is 0.712. The number of benzene rings is 2. The van der Waals surface area contributed by atoms with Gasteiger partial charge in [0, 0.05) is 5.69 Å². The fourth-order valence-electron chi connectivity index (χ4n) is 4.80. The number of anilines is 2. The maximum Gasteiger partial charge on any atom is 0.319 e. The predicted molar refractivity (Wildman–Crippen MR) is 151 cm³/mol. The Labute approximate surface area is 227 Å². The molecule has 0 aliphatic heterocycles. The summed E-state index contributed by atoms with van der Waals surface area (Å²) in [7, 11) is -3.47. The molecule has 0 fully saturated rings. The molecule has 1 aliphatic rings. The van der Waals surface area contributed by atoms with Crippen LogP contribution >= 0.6 is 0 Å². The van der Waals surface area contributed by atoms with E-state index >= 15 is 0 Å². The molecule has 2 aromatic heterocycles. The van der Waals surface area contributed by atoms with E-state index in [1.165, 1.54) is 0 Å². The van der Waals surface area contributed by atoms with Gasteiger partial charge in [0.15, 0.2) is 5.65 Å². The maximum atomic E-state index is 13.1. The van der Waals surface area contributed by atoms with Crippen LogP contribution in [0.5, 0.6) is 5.75 Å². The number of hydrogen-bond donors (Lipinski definition) is 3. The first-order valence-corrected chi connectivity index (χ1v) is 14.6. The number of rotatable bonds is 6. The predicted octanol–water partition coefficient (Wildman–Crippen LogP) is 5.18. The van der Waals surface area contributed by atoms with Crippen LogP contribution in [-0.2, 0) is 15.4 Å². The minimum Gasteiger partial charge on any atom is -0.484 e. The molecule has 204 valence electrons. The van der Waals surface area contributed by atoms with E-state index in [1.54, 1.807) is 18.5 Å². The fourth-order valence-corrected chi connectivity index (χ4v) is 5.34. The second kappa shape index (κ2) is 10.2. The van der Waals surface area contributed by atoms with Gasteiger partial charge in [-0.3, -0.25) is 9.12 Å². The van der Waals surface area contributed by atoms with Crippen LogP contribution in [-0.4, -0.2) is 35.3 Å². The number of pyridine rings is 1. The molecular weight excluding hydrogens is 516 g/mol. The number of urea groups is 1. The molecule has 2 amide bonds. The second-order valence-electron chi connectivity index (χ2n) is 10.8. The van der Waals surface area contributed by atoms with Gasteiger partial charge in [0.25, 0.3) is 0 Å². The lowest BCUT2D eigenvalue weighted by Crippen LogP contribution is -2.35. The summed E-state index contributed by atoms with van der Waals surface area (Å²) in [6, 6.07) is 16.4. The molecule has 5 rings (SSSR count). The van der Waals surface area contributed by atoms with E-state index < -0.39 is 10.0 Å². The van der Waals surface area contributed by atoms with Gasteiger partial charge < -0.3 is 15.4 Å². The van der Waals surface area contributed by atoms with Crippen molar-refractivity contribution < 1.29 is 17.9 Å². The van der Waals surface area contributed by atoms with Gasteiger partial charge in [-0.25, -0.2) is 13.2 Å². The fraction of sp³-hybridized carbons (Fsp3) is 0.321. The Balaban J connectivity index is 1.32. The van der Waals surface area contributed by atoms with E-state index in [9.17, 15) is 13.2 Å². The lowest BCUT2D eigenvalue weighted by Gasteiger charge is -2.32. The van der Waals surface area contributed by atoms with E-state index in [0.29, 0.717) is 30.0 Å². The Hall–Kier alpha value is -4.12. The highest BCUT2D eigenvalue weighted by Gasteiger charge is 2.29. The lowest BCUT2D eigenvalue weighted by atomic mass is 9.85. The minimum absolute atomic E-state index is 0.163. The third-order valence-corrected chi connectivity index (χ3v) is 7.25. The minimum atomic E-state index is -3.47. The zero-order valence-electron chi connectivity index (χ0n) is 22.3. The summed E-state index contributed by atoms with van der Waals surface area (Å²) in [6.07, 6.45) is 5.82. The Bertz CT molecular complexity index is 1630. The normalized spacial score (nSPS) is 17.3. The monoisotopic (exact) mass is 548 g/mol. The molecule has 10 nitrogen and oxygen atoms in total. The molecule has 11 heteroatoms. The summed E-state index contributed by atoms with van der Waals surface area (Å²) in [5.41, 5.74) is 4.30. The summed E-state index contributed by atoms with van der Waals surface area (Å²) >= 11 is 0. The van der Waals surface area contributed by atoms with E-state index in [0.717, 1.165) is 28.6 Å². The van der Waals surface area contributed by atoms with Crippen molar-refractivity contribution in [1.29, 1.82) is 0 Å². The number of carbonyl (C=O) groups excluding carboxylic acids is 1. The Morgan fingerprint density at radius 2 is 1.77 bits per heavy atom. The average molecular weight is 549 g/mol. The molecule has 0 saturated carbocycles. The van der Waals surface area contributed by atoms with Gasteiger partial charge >= 0.3 is 6.03 Å². The van der Waals surface area contributed by atoms with Crippen LogP contribution < -0.4 is 20.1 Å². The number of sulfonamides is 1. The molecule has 39 heavy (non-hydrogen) atoms. The van der Waals surface area contributed by atoms with Crippen molar-refractivity contribution in [1.82, 2.24) is 19.9 Å². The van der Waals surface area contributed by atoms with Crippen LogP contribution in [0, 0.1) is 0 Å². The highest BCUT2D eigenvalue weighted by atomic mass is 32.2. The molecule has 0 spiro atoms. The first-order chi connectivity index (χ1) is 18.4. The molecule has 3 N–H and O–H groups in total. The standard InChI is InChI=1S/C28H32N6O4S/c1-28(2,3)18-13-19(15-20(14-18)33-39(4,36)37)30-27(35)31-24-10-11-25(23-8-6-5-7-22(23)24)38-21-9-12-26-32-29-17-34(26)16-21/h5-9,12-17,24-25,33H,10-11H2,1-4H3,(H2,30,31,35)/t24-,25+/m0/s1. The van der Waals surface area contributed by atoms with Gasteiger partial charge in [0.2, 0.25) is 10.0 Å². The second-order valence-corrected chi connectivity index (χ2v) is 12.6. The van der Waals surface area contributed by atoms with Crippen LogP contribution in [0.15, 0.2) is 67.1 Å². The molecule has 2 aromatic carbocycles. The van der Waals surface area contributed by atoms with Crippen molar-refractivity contribution in [3.05, 3.63) is 83.8 Å². The Kier molecular flexibility index (Phi) is 6.94. The largest absolute Gasteiger partial charge is 0.484 e. The van der Waals surface area contributed by atoms with Crippen molar-refractivity contribution in [3.8, 4) is 5.75 Å². The summed E-state index contributed by atoms with van der Waals surface area (Å²) in [4.78, 5) is 13.1. The lowest BCUT2D eigenvalue weighted by molar-refractivity contribution is 0.171. The molecule has 0 saturated heterocycles. The van der Waals surface area contributed by atoms with E-state index in [1.807, 2.05) is 73.8 Å². The van der Waals surface area contributed by atoms with Gasteiger partial charge in [-0.15, -0.1) is 10.2 Å². The highest BCUT2D eigenvalue weighted by molar-refractivity contribution is 7.92. The molecule has 1 aliphatic carbocycles. The van der Waals surface area contributed by atoms with Crippen molar-refractivity contribution in [3.63, 3.8) is 0 Å². The number of hydrogen-bond acceptors (Lipinski definition) is 6. The quantitative estimate of drug-likeness (QED) is 0.305. The number of carbonyl (C=O) groups is 1. The van der Waals surface area contributed by atoms with Crippen molar-refractivity contribution in [2.75, 3.05) is 16.3 Å². The van der Waals surface area contributed by atoms with E-state index in [-0.39, 0.29) is 23.6 Å². The maximum absolute atomic E-state index is 13.1. The van der Waals surface area contributed by atoms with Crippen LogP contribution in [0.1, 0.15) is 62.4 Å². The molecule has 0 radical (unpaired) electrons. The SMILES string of the molecule is CC(C)(C)c1cc(NC(=O)N[C@H]2CC[C@@H](Oc3ccc4nncn4c3)c3ccccc32)cc(NS(C)(=O)=O)c1. The molecule has 2 heterocycles. The highest BCUT2D eigenvalue weighted by Crippen LogP contribution is 2.39. The Morgan fingerprint density at radius 1 is 1.03 bits per heavy atom. The van der Waals surface area contributed by atoms with Gasteiger partial charge in [0.05, 0.1) is 24.2 Å².